The molecule has 4 aliphatic heterocycles. The number of ether oxygens (including phenoxy) is 4. The zero-order valence-electron chi connectivity index (χ0n) is 29.7. The van der Waals surface area contributed by atoms with Crippen molar-refractivity contribution in [1.82, 2.24) is 29.5 Å². The zero-order valence-corrected chi connectivity index (χ0v) is 30.6. The van der Waals surface area contributed by atoms with E-state index in [-0.39, 0.29) is 13.4 Å². The lowest BCUT2D eigenvalue weighted by atomic mass is 9.35. The van der Waals surface area contributed by atoms with Gasteiger partial charge in [0.25, 0.3) is 13.4 Å². The van der Waals surface area contributed by atoms with E-state index < -0.39 is 0 Å². The van der Waals surface area contributed by atoms with E-state index in [1.54, 1.807) is 36.1 Å². The Bertz CT molecular complexity index is 2900. The molecule has 13 rings (SSSR count). The molecular weight excluding hydrogens is 730 g/mol. The molecule has 0 atom stereocenters. The van der Waals surface area contributed by atoms with E-state index in [2.05, 4.69) is 70.2 Å². The molecule has 5 aromatic heterocycles. The van der Waals surface area contributed by atoms with Crippen LogP contribution in [0, 0.1) is 0 Å². The Hall–Kier alpha value is -7.37. The number of aromatic nitrogens is 6. The van der Waals surface area contributed by atoms with Gasteiger partial charge in [-0.3, -0.25) is 0 Å². The van der Waals surface area contributed by atoms with Gasteiger partial charge in [0.15, 0.2) is 0 Å². The summed E-state index contributed by atoms with van der Waals surface area (Å²) in [5.41, 5.74) is 11.1. The first-order valence-electron chi connectivity index (χ1n) is 18.5. The molecular formula is C44H24B2N6O4S. The summed E-state index contributed by atoms with van der Waals surface area (Å²) < 4.78 is 29.4. The van der Waals surface area contributed by atoms with Crippen molar-refractivity contribution in [3.63, 3.8) is 0 Å². The van der Waals surface area contributed by atoms with E-state index in [0.29, 0.717) is 11.8 Å². The molecule has 0 spiro atoms. The maximum absolute atomic E-state index is 6.53. The molecule has 9 aromatic rings. The standard InChI is InChI=1S/C44H24B2N6O4S/c1-5-36-41-38(7-1)55-43-32(20-28(22-47-43)51-15-3-13-49-51)45(41)30-17-25(9-11-34(30)53-36)27-19-40(57-24-27)26-10-12-35-31(18-26)46-33-21-29(52-16-4-14-50-52)23-48-44(33)56-39-8-2-6-37(54-35)42(39)46/h1-24H. The van der Waals surface area contributed by atoms with Crippen LogP contribution < -0.4 is 51.7 Å². The number of hydrogen-bond donors (Lipinski definition) is 0. The van der Waals surface area contributed by atoms with Crippen molar-refractivity contribution >= 4 is 57.5 Å². The smallest absolute Gasteiger partial charge is 0.262 e. The first kappa shape index (κ1) is 30.9. The fourth-order valence-electron chi connectivity index (χ4n) is 8.67. The minimum absolute atomic E-state index is 0.134. The molecule has 0 aliphatic carbocycles. The minimum atomic E-state index is -0.135. The highest BCUT2D eigenvalue weighted by Gasteiger charge is 2.42. The van der Waals surface area contributed by atoms with Gasteiger partial charge in [0.1, 0.15) is 34.5 Å². The first-order chi connectivity index (χ1) is 28.2. The molecule has 13 heteroatoms. The summed E-state index contributed by atoms with van der Waals surface area (Å²) in [6, 6.07) is 35.2. The lowest BCUT2D eigenvalue weighted by Gasteiger charge is -2.32. The molecule has 0 fully saturated rings. The van der Waals surface area contributed by atoms with Gasteiger partial charge in [-0.05, 0) is 117 Å². The number of pyridine rings is 2. The summed E-state index contributed by atoms with van der Waals surface area (Å²) in [6.45, 7) is -0.269. The monoisotopic (exact) mass is 754 g/mol. The van der Waals surface area contributed by atoms with Gasteiger partial charge in [0.2, 0.25) is 11.8 Å². The molecule has 0 unspecified atom stereocenters. The predicted octanol–water partition coefficient (Wildman–Crippen LogP) is 5.70. The average Bonchev–Trinajstić information content (AvgIpc) is 4.08. The third kappa shape index (κ3) is 4.60. The number of nitrogens with zero attached hydrogens (tertiary/aromatic N) is 6. The fourth-order valence-corrected chi connectivity index (χ4v) is 9.59. The average molecular weight is 754 g/mol. The Morgan fingerprint density at radius 1 is 0.474 bits per heavy atom. The van der Waals surface area contributed by atoms with Crippen LogP contribution >= 0.6 is 11.3 Å². The van der Waals surface area contributed by atoms with Crippen molar-refractivity contribution in [2.45, 2.75) is 0 Å². The molecule has 0 N–H and O–H groups in total. The summed E-state index contributed by atoms with van der Waals surface area (Å²) in [6.07, 6.45) is 11.0. The Kier molecular flexibility index (Phi) is 6.27. The van der Waals surface area contributed by atoms with Crippen LogP contribution in [0.25, 0.3) is 32.9 Å². The molecule has 4 aliphatic rings. The van der Waals surface area contributed by atoms with Crippen molar-refractivity contribution in [2.75, 3.05) is 0 Å². The summed E-state index contributed by atoms with van der Waals surface area (Å²) in [5.74, 6) is 5.90. The van der Waals surface area contributed by atoms with Crippen LogP contribution in [0.2, 0.25) is 0 Å². The van der Waals surface area contributed by atoms with Crippen LogP contribution in [0.1, 0.15) is 0 Å². The van der Waals surface area contributed by atoms with E-state index in [0.717, 1.165) is 100 Å². The van der Waals surface area contributed by atoms with E-state index >= 15 is 0 Å². The lowest BCUT2D eigenvalue weighted by molar-refractivity contribution is 0.452. The molecule has 0 saturated carbocycles. The third-order valence-corrected chi connectivity index (χ3v) is 12.2. The van der Waals surface area contributed by atoms with Gasteiger partial charge >= 0.3 is 0 Å². The topological polar surface area (TPSA) is 98.3 Å². The molecule has 57 heavy (non-hydrogen) atoms. The Labute approximate surface area is 329 Å². The second-order valence-corrected chi connectivity index (χ2v) is 15.3. The van der Waals surface area contributed by atoms with Gasteiger partial charge < -0.3 is 18.9 Å². The molecule has 10 nitrogen and oxygen atoms in total. The second kappa shape index (κ2) is 11.6. The van der Waals surface area contributed by atoms with Crippen LogP contribution in [0.3, 0.4) is 0 Å². The quantitative estimate of drug-likeness (QED) is 0.211. The molecule has 0 saturated heterocycles. The normalized spacial score (nSPS) is 13.4. The third-order valence-electron chi connectivity index (χ3n) is 11.2. The summed E-state index contributed by atoms with van der Waals surface area (Å²) in [7, 11) is 0. The summed E-state index contributed by atoms with van der Waals surface area (Å²) in [4.78, 5) is 10.7. The number of fused-ring (bicyclic) bond motifs is 8. The Morgan fingerprint density at radius 2 is 1.00 bits per heavy atom. The highest BCUT2D eigenvalue weighted by atomic mass is 32.1. The largest absolute Gasteiger partial charge is 0.458 e. The van der Waals surface area contributed by atoms with E-state index in [4.69, 9.17) is 28.9 Å². The molecule has 0 bridgehead atoms. The zero-order chi connectivity index (χ0) is 37.2. The number of rotatable bonds is 4. The summed E-state index contributed by atoms with van der Waals surface area (Å²) >= 11 is 1.72. The molecule has 4 aromatic carbocycles. The van der Waals surface area contributed by atoms with Gasteiger partial charge in [-0.15, -0.1) is 11.3 Å². The predicted molar refractivity (Wildman–Crippen MR) is 220 cm³/mol. The fraction of sp³-hybridized carbons (Fsp3) is 0. The Balaban J connectivity index is 0.898. The van der Waals surface area contributed by atoms with E-state index in [1.165, 1.54) is 0 Å². The van der Waals surface area contributed by atoms with Crippen LogP contribution in [-0.2, 0) is 0 Å². The van der Waals surface area contributed by atoms with Crippen molar-refractivity contribution in [3.8, 4) is 79.2 Å². The van der Waals surface area contributed by atoms with Crippen LogP contribution in [0.5, 0.6) is 46.3 Å². The summed E-state index contributed by atoms with van der Waals surface area (Å²) in [5, 5.41) is 11.1. The molecule has 0 amide bonds. The van der Waals surface area contributed by atoms with Gasteiger partial charge in [0, 0.05) is 40.6 Å². The second-order valence-electron chi connectivity index (χ2n) is 14.4. The number of thiophene rings is 1. The highest BCUT2D eigenvalue weighted by Crippen LogP contribution is 2.39. The van der Waals surface area contributed by atoms with Crippen molar-refractivity contribution in [1.29, 1.82) is 0 Å². The lowest BCUT2D eigenvalue weighted by Crippen LogP contribution is -2.57. The van der Waals surface area contributed by atoms with E-state index in [9.17, 15) is 0 Å². The minimum Gasteiger partial charge on any atom is -0.458 e. The van der Waals surface area contributed by atoms with Gasteiger partial charge in [-0.25, -0.2) is 19.3 Å². The van der Waals surface area contributed by atoms with Crippen LogP contribution in [-0.4, -0.2) is 43.0 Å². The maximum atomic E-state index is 6.53. The molecule has 9 heterocycles. The van der Waals surface area contributed by atoms with E-state index in [1.807, 2.05) is 70.3 Å². The van der Waals surface area contributed by atoms with Crippen molar-refractivity contribution in [2.24, 2.45) is 0 Å². The first-order valence-corrected chi connectivity index (χ1v) is 19.4. The van der Waals surface area contributed by atoms with Gasteiger partial charge in [-0.2, -0.15) is 10.2 Å². The number of benzene rings is 4. The van der Waals surface area contributed by atoms with Crippen LogP contribution in [0.15, 0.2) is 146 Å². The highest BCUT2D eigenvalue weighted by molar-refractivity contribution is 7.14. The molecule has 266 valence electrons. The molecule has 0 radical (unpaired) electrons. The maximum Gasteiger partial charge on any atom is 0.262 e. The Morgan fingerprint density at radius 3 is 1.54 bits per heavy atom. The van der Waals surface area contributed by atoms with Gasteiger partial charge in [0.05, 0.1) is 23.8 Å². The van der Waals surface area contributed by atoms with Crippen LogP contribution in [0.4, 0.5) is 0 Å². The number of hydrogen-bond acceptors (Lipinski definition) is 9. The SMILES string of the molecule is c1cc2c3c(c1)Oc1ncc(-n4cccn4)cc1B3c1cc(-c3csc(-c4ccc5c(c4)B4c6cc(-n7cccn7)cnc6Oc6cccc(c64)O5)c3)ccc1O2. The van der Waals surface area contributed by atoms with Crippen molar-refractivity contribution < 1.29 is 18.9 Å². The van der Waals surface area contributed by atoms with Crippen molar-refractivity contribution in [3.05, 3.63) is 146 Å². The van der Waals surface area contributed by atoms with Gasteiger partial charge in [-0.1, -0.05) is 30.3 Å².